The van der Waals surface area contributed by atoms with Gasteiger partial charge in [0, 0.05) is 9.49 Å². The Morgan fingerprint density at radius 1 is 1.27 bits per heavy atom. The standard InChI is InChI=1S/C8H18OS2/c1-6(9)5-8(4,11)7(2,3)10/h6,9-11H,5H2,1-4H3. The van der Waals surface area contributed by atoms with Crippen LogP contribution in [0.4, 0.5) is 0 Å². The van der Waals surface area contributed by atoms with E-state index in [9.17, 15) is 0 Å². The summed E-state index contributed by atoms with van der Waals surface area (Å²) in [5.41, 5.74) is 0. The second kappa shape index (κ2) is 3.58. The molecule has 0 bridgehead atoms. The number of aliphatic hydroxyl groups is 1. The molecule has 0 radical (unpaired) electrons. The number of thiol groups is 2. The van der Waals surface area contributed by atoms with Gasteiger partial charge in [-0.1, -0.05) is 0 Å². The van der Waals surface area contributed by atoms with E-state index in [1.165, 1.54) is 0 Å². The van der Waals surface area contributed by atoms with Crippen LogP contribution >= 0.6 is 25.3 Å². The normalized spacial score (nSPS) is 21.0. The van der Waals surface area contributed by atoms with Crippen LogP contribution in [0.3, 0.4) is 0 Å². The van der Waals surface area contributed by atoms with Crippen molar-refractivity contribution in [3.05, 3.63) is 0 Å². The molecule has 0 saturated heterocycles. The van der Waals surface area contributed by atoms with Crippen molar-refractivity contribution in [2.75, 3.05) is 0 Å². The van der Waals surface area contributed by atoms with Crippen LogP contribution in [0.25, 0.3) is 0 Å². The Morgan fingerprint density at radius 3 is 1.73 bits per heavy atom. The lowest BCUT2D eigenvalue weighted by Crippen LogP contribution is -2.40. The zero-order chi connectivity index (χ0) is 9.28. The fourth-order valence-corrected chi connectivity index (χ4v) is 1.18. The van der Waals surface area contributed by atoms with Gasteiger partial charge < -0.3 is 5.11 Å². The Hall–Kier alpha value is 0.660. The van der Waals surface area contributed by atoms with E-state index < -0.39 is 0 Å². The van der Waals surface area contributed by atoms with E-state index in [2.05, 4.69) is 25.3 Å². The number of hydrogen-bond donors (Lipinski definition) is 3. The number of hydrogen-bond acceptors (Lipinski definition) is 3. The van der Waals surface area contributed by atoms with E-state index in [-0.39, 0.29) is 15.6 Å². The fraction of sp³-hybridized carbons (Fsp3) is 1.00. The topological polar surface area (TPSA) is 20.2 Å². The quantitative estimate of drug-likeness (QED) is 0.588. The summed E-state index contributed by atoms with van der Waals surface area (Å²) in [7, 11) is 0. The summed E-state index contributed by atoms with van der Waals surface area (Å²) in [4.78, 5) is 0. The molecule has 0 rings (SSSR count). The highest BCUT2D eigenvalue weighted by Crippen LogP contribution is 2.37. The van der Waals surface area contributed by atoms with Crippen molar-refractivity contribution in [2.24, 2.45) is 0 Å². The van der Waals surface area contributed by atoms with Crippen LogP contribution in [-0.4, -0.2) is 20.7 Å². The molecule has 2 atom stereocenters. The molecule has 1 N–H and O–H groups in total. The zero-order valence-corrected chi connectivity index (χ0v) is 9.41. The van der Waals surface area contributed by atoms with Gasteiger partial charge in [0.05, 0.1) is 6.10 Å². The van der Waals surface area contributed by atoms with Crippen molar-refractivity contribution < 1.29 is 5.11 Å². The molecule has 2 unspecified atom stereocenters. The molecule has 3 heteroatoms. The van der Waals surface area contributed by atoms with Gasteiger partial charge in [0.2, 0.25) is 0 Å². The molecule has 0 aliphatic carbocycles. The molecular formula is C8H18OS2. The van der Waals surface area contributed by atoms with E-state index in [1.54, 1.807) is 6.92 Å². The highest BCUT2D eigenvalue weighted by Gasteiger charge is 2.35. The third-order valence-corrected chi connectivity index (χ3v) is 3.42. The molecule has 11 heavy (non-hydrogen) atoms. The van der Waals surface area contributed by atoms with Crippen LogP contribution in [0.1, 0.15) is 34.1 Å². The van der Waals surface area contributed by atoms with E-state index in [0.29, 0.717) is 6.42 Å². The van der Waals surface area contributed by atoms with Gasteiger partial charge in [-0.3, -0.25) is 0 Å². The van der Waals surface area contributed by atoms with Gasteiger partial charge in [-0.2, -0.15) is 25.3 Å². The lowest BCUT2D eigenvalue weighted by atomic mass is 9.90. The van der Waals surface area contributed by atoms with Gasteiger partial charge >= 0.3 is 0 Å². The van der Waals surface area contributed by atoms with Crippen LogP contribution in [0.15, 0.2) is 0 Å². The average molecular weight is 194 g/mol. The third kappa shape index (κ3) is 3.72. The monoisotopic (exact) mass is 194 g/mol. The first kappa shape index (κ1) is 11.7. The van der Waals surface area contributed by atoms with Gasteiger partial charge in [-0.05, 0) is 34.1 Å². The van der Waals surface area contributed by atoms with Crippen LogP contribution in [0, 0.1) is 0 Å². The predicted octanol–water partition coefficient (Wildman–Crippen LogP) is 2.15. The highest BCUT2D eigenvalue weighted by atomic mass is 32.1. The number of aliphatic hydroxyl groups excluding tert-OH is 1. The molecule has 0 aromatic carbocycles. The van der Waals surface area contributed by atoms with E-state index in [1.807, 2.05) is 20.8 Å². The van der Waals surface area contributed by atoms with Crippen molar-refractivity contribution >= 4 is 25.3 Å². The molecule has 0 aliphatic rings. The third-order valence-electron chi connectivity index (χ3n) is 2.01. The SMILES string of the molecule is CC(O)CC(C)(S)C(C)(C)S. The summed E-state index contributed by atoms with van der Waals surface area (Å²) in [6.45, 7) is 7.78. The van der Waals surface area contributed by atoms with Gasteiger partial charge in [0.1, 0.15) is 0 Å². The molecule has 0 saturated carbocycles. The summed E-state index contributed by atoms with van der Waals surface area (Å²) in [5, 5.41) is 9.17. The molecule has 0 amide bonds. The van der Waals surface area contributed by atoms with E-state index in [0.717, 1.165) is 0 Å². The molecule has 68 valence electrons. The Kier molecular flexibility index (Phi) is 3.80. The van der Waals surface area contributed by atoms with Gasteiger partial charge in [0.25, 0.3) is 0 Å². The van der Waals surface area contributed by atoms with Crippen LogP contribution in [0.2, 0.25) is 0 Å². The molecule has 0 fully saturated rings. The zero-order valence-electron chi connectivity index (χ0n) is 7.63. The van der Waals surface area contributed by atoms with Crippen LogP contribution in [-0.2, 0) is 0 Å². The first-order valence-electron chi connectivity index (χ1n) is 3.79. The highest BCUT2D eigenvalue weighted by molar-refractivity contribution is 7.86. The van der Waals surface area contributed by atoms with Gasteiger partial charge in [0.15, 0.2) is 0 Å². The lowest BCUT2D eigenvalue weighted by molar-refractivity contribution is 0.166. The lowest BCUT2D eigenvalue weighted by Gasteiger charge is -2.37. The van der Waals surface area contributed by atoms with Gasteiger partial charge in [-0.25, -0.2) is 0 Å². The van der Waals surface area contributed by atoms with Gasteiger partial charge in [-0.15, -0.1) is 0 Å². The van der Waals surface area contributed by atoms with E-state index >= 15 is 0 Å². The second-order valence-corrected chi connectivity index (χ2v) is 5.99. The largest absolute Gasteiger partial charge is 0.393 e. The minimum Gasteiger partial charge on any atom is -0.393 e. The summed E-state index contributed by atoms with van der Waals surface area (Å²) >= 11 is 8.89. The molecule has 0 aliphatic heterocycles. The molecular weight excluding hydrogens is 176 g/mol. The summed E-state index contributed by atoms with van der Waals surface area (Å²) < 4.78 is -0.405. The Bertz CT molecular complexity index is 125. The summed E-state index contributed by atoms with van der Waals surface area (Å²) in [5.74, 6) is 0. The molecule has 0 heterocycles. The minimum atomic E-state index is -0.316. The fourth-order valence-electron chi connectivity index (χ4n) is 0.825. The molecule has 0 spiro atoms. The average Bonchev–Trinajstić information content (AvgIpc) is 1.56. The molecule has 1 nitrogen and oxygen atoms in total. The second-order valence-electron chi connectivity index (χ2n) is 3.89. The predicted molar refractivity (Wildman–Crippen MR) is 56.8 cm³/mol. The number of rotatable bonds is 3. The van der Waals surface area contributed by atoms with Crippen molar-refractivity contribution in [1.82, 2.24) is 0 Å². The summed E-state index contributed by atoms with van der Waals surface area (Å²) in [6.07, 6.45) is 0.344. The summed E-state index contributed by atoms with van der Waals surface area (Å²) in [6, 6.07) is 0. The Balaban J connectivity index is 4.22. The smallest absolute Gasteiger partial charge is 0.0525 e. The first-order chi connectivity index (χ1) is 4.67. The molecule has 0 aromatic rings. The maximum atomic E-state index is 9.17. The van der Waals surface area contributed by atoms with Crippen molar-refractivity contribution in [3.8, 4) is 0 Å². The van der Waals surface area contributed by atoms with Crippen molar-refractivity contribution in [3.63, 3.8) is 0 Å². The van der Waals surface area contributed by atoms with Crippen molar-refractivity contribution in [1.29, 1.82) is 0 Å². The van der Waals surface area contributed by atoms with E-state index in [4.69, 9.17) is 5.11 Å². The maximum Gasteiger partial charge on any atom is 0.0525 e. The van der Waals surface area contributed by atoms with Crippen molar-refractivity contribution in [2.45, 2.75) is 49.7 Å². The van der Waals surface area contributed by atoms with Crippen LogP contribution in [0.5, 0.6) is 0 Å². The maximum absolute atomic E-state index is 9.17. The minimum absolute atomic E-state index is 0.174. The van der Waals surface area contributed by atoms with Crippen LogP contribution < -0.4 is 0 Å². The molecule has 0 aromatic heterocycles. The Labute approximate surface area is 80.4 Å². The first-order valence-corrected chi connectivity index (χ1v) is 4.69. The Morgan fingerprint density at radius 2 is 1.64 bits per heavy atom.